The maximum Gasteiger partial charge on any atom is 0.211 e. The lowest BCUT2D eigenvalue weighted by atomic mass is 10.5. The van der Waals surface area contributed by atoms with E-state index in [0.717, 1.165) is 0 Å². The van der Waals surface area contributed by atoms with Gasteiger partial charge in [0, 0.05) is 7.11 Å². The summed E-state index contributed by atoms with van der Waals surface area (Å²) < 4.78 is 15.8. The first kappa shape index (κ1) is 6.38. The van der Waals surface area contributed by atoms with Gasteiger partial charge in [-0.2, -0.15) is 5.26 Å². The molecule has 0 saturated heterocycles. The highest BCUT2D eigenvalue weighted by molar-refractivity contribution is 4.69. The maximum absolute atomic E-state index is 11.7. The number of nitriles is 1. The Balaban J connectivity index is 3.03. The van der Waals surface area contributed by atoms with E-state index in [1.807, 2.05) is 0 Å². The minimum absolute atomic E-state index is 0.184. The Bertz CT molecular complexity index is 78.2. The Morgan fingerprint density at radius 1 is 2.00 bits per heavy atom. The number of ether oxygens (including phenoxy) is 1. The SMILES string of the molecule is COC(F)CC#N. The number of alkyl halides is 1. The molecule has 3 heteroatoms. The molecule has 0 N–H and O–H groups in total. The monoisotopic (exact) mass is 103 g/mol. The highest BCUT2D eigenvalue weighted by Gasteiger charge is 1.98. The molecule has 0 rings (SSSR count). The fourth-order valence-corrected chi connectivity index (χ4v) is 0.155. The number of hydrogen-bond acceptors (Lipinski definition) is 2. The van der Waals surface area contributed by atoms with E-state index in [1.165, 1.54) is 7.11 Å². The van der Waals surface area contributed by atoms with Gasteiger partial charge in [-0.3, -0.25) is 0 Å². The van der Waals surface area contributed by atoms with Crippen molar-refractivity contribution in [1.29, 1.82) is 5.26 Å². The van der Waals surface area contributed by atoms with Crippen LogP contribution in [0.3, 0.4) is 0 Å². The molecule has 1 atom stereocenters. The Hall–Kier alpha value is -0.620. The van der Waals surface area contributed by atoms with Crippen molar-refractivity contribution in [2.24, 2.45) is 0 Å². The van der Waals surface area contributed by atoms with Crippen LogP contribution in [0.4, 0.5) is 4.39 Å². The molecule has 40 valence electrons. The average Bonchev–Trinajstić information content (AvgIpc) is 1.68. The van der Waals surface area contributed by atoms with Crippen molar-refractivity contribution in [2.45, 2.75) is 12.8 Å². The Morgan fingerprint density at radius 3 is 2.71 bits per heavy atom. The highest BCUT2D eigenvalue weighted by Crippen LogP contribution is 1.93. The molecule has 0 aromatic heterocycles. The first-order valence-corrected chi connectivity index (χ1v) is 1.85. The molecule has 0 saturated carbocycles. The molecule has 0 spiro atoms. The van der Waals surface area contributed by atoms with E-state index >= 15 is 0 Å². The molecular weight excluding hydrogens is 97.0 g/mol. The molecule has 0 aromatic rings. The van der Waals surface area contributed by atoms with Crippen molar-refractivity contribution >= 4 is 0 Å². The molecule has 7 heavy (non-hydrogen) atoms. The molecule has 0 aromatic carbocycles. The first-order chi connectivity index (χ1) is 3.31. The zero-order chi connectivity index (χ0) is 5.70. The van der Waals surface area contributed by atoms with Crippen molar-refractivity contribution in [3.8, 4) is 6.07 Å². The number of rotatable bonds is 2. The molecular formula is C4H6FNO. The Morgan fingerprint density at radius 2 is 2.57 bits per heavy atom. The molecule has 0 radical (unpaired) electrons. The second-order valence-corrected chi connectivity index (χ2v) is 1.01. The van der Waals surface area contributed by atoms with Crippen LogP contribution in [0.5, 0.6) is 0 Å². The minimum atomic E-state index is -1.41. The van der Waals surface area contributed by atoms with Crippen molar-refractivity contribution in [3.63, 3.8) is 0 Å². The van der Waals surface area contributed by atoms with Crippen LogP contribution in [0.2, 0.25) is 0 Å². The average molecular weight is 103 g/mol. The molecule has 2 nitrogen and oxygen atoms in total. The van der Waals surface area contributed by atoms with Gasteiger partial charge in [-0.1, -0.05) is 0 Å². The lowest BCUT2D eigenvalue weighted by Crippen LogP contribution is -1.99. The second kappa shape index (κ2) is 3.57. The van der Waals surface area contributed by atoms with Crippen LogP contribution in [0, 0.1) is 11.3 Å². The molecule has 0 heterocycles. The van der Waals surface area contributed by atoms with Gasteiger partial charge >= 0.3 is 0 Å². The summed E-state index contributed by atoms with van der Waals surface area (Å²) in [6.07, 6.45) is -1.60. The zero-order valence-corrected chi connectivity index (χ0v) is 4.02. The summed E-state index contributed by atoms with van der Waals surface area (Å²) in [7, 11) is 1.22. The lowest BCUT2D eigenvalue weighted by Gasteiger charge is -1.95. The zero-order valence-electron chi connectivity index (χ0n) is 4.02. The van der Waals surface area contributed by atoms with Crippen LogP contribution >= 0.6 is 0 Å². The van der Waals surface area contributed by atoms with Crippen molar-refractivity contribution in [2.75, 3.05) is 7.11 Å². The van der Waals surface area contributed by atoms with Crippen LogP contribution in [0.25, 0.3) is 0 Å². The number of nitrogens with zero attached hydrogens (tertiary/aromatic N) is 1. The largest absolute Gasteiger partial charge is 0.351 e. The van der Waals surface area contributed by atoms with Gasteiger partial charge in [0.05, 0.1) is 12.5 Å². The molecule has 0 amide bonds. The lowest BCUT2D eigenvalue weighted by molar-refractivity contribution is -0.000211. The van der Waals surface area contributed by atoms with Crippen molar-refractivity contribution < 1.29 is 9.13 Å². The van der Waals surface area contributed by atoms with Gasteiger partial charge in [0.25, 0.3) is 0 Å². The maximum atomic E-state index is 11.7. The van der Waals surface area contributed by atoms with Gasteiger partial charge in [0.15, 0.2) is 0 Å². The van der Waals surface area contributed by atoms with Gasteiger partial charge < -0.3 is 4.74 Å². The summed E-state index contributed by atoms with van der Waals surface area (Å²) in [5, 5.41) is 7.80. The summed E-state index contributed by atoms with van der Waals surface area (Å²) in [6.45, 7) is 0. The van der Waals surface area contributed by atoms with Crippen molar-refractivity contribution in [1.82, 2.24) is 0 Å². The normalized spacial score (nSPS) is 12.7. The van der Waals surface area contributed by atoms with Gasteiger partial charge in [-0.25, -0.2) is 4.39 Å². The van der Waals surface area contributed by atoms with E-state index in [4.69, 9.17) is 5.26 Å². The van der Waals surface area contributed by atoms with Gasteiger partial charge in [-0.15, -0.1) is 0 Å². The molecule has 0 aliphatic carbocycles. The third-order valence-electron chi connectivity index (χ3n) is 0.508. The van der Waals surface area contributed by atoms with Gasteiger partial charge in [-0.05, 0) is 0 Å². The smallest absolute Gasteiger partial charge is 0.211 e. The fourth-order valence-electron chi connectivity index (χ4n) is 0.155. The summed E-state index contributed by atoms with van der Waals surface area (Å²) in [6, 6.07) is 1.62. The van der Waals surface area contributed by atoms with E-state index in [9.17, 15) is 4.39 Å². The molecule has 1 unspecified atom stereocenters. The molecule has 0 fully saturated rings. The predicted octanol–water partition coefficient (Wildman–Crippen LogP) is 0.842. The molecule has 0 bridgehead atoms. The Labute approximate surface area is 41.5 Å². The summed E-state index contributed by atoms with van der Waals surface area (Å²) >= 11 is 0. The predicted molar refractivity (Wildman–Crippen MR) is 22.1 cm³/mol. The van der Waals surface area contributed by atoms with E-state index in [1.54, 1.807) is 6.07 Å². The Kier molecular flexibility index (Phi) is 3.25. The molecule has 0 aliphatic heterocycles. The third-order valence-corrected chi connectivity index (χ3v) is 0.508. The van der Waals surface area contributed by atoms with Gasteiger partial charge in [0.1, 0.15) is 0 Å². The number of methoxy groups -OCH3 is 1. The second-order valence-electron chi connectivity index (χ2n) is 1.01. The van der Waals surface area contributed by atoms with Crippen LogP contribution in [-0.4, -0.2) is 13.5 Å². The standard InChI is InChI=1S/C4H6FNO/c1-7-4(5)2-3-6/h4H,2H2,1H3. The quantitative estimate of drug-likeness (QED) is 0.518. The van der Waals surface area contributed by atoms with Crippen molar-refractivity contribution in [3.05, 3.63) is 0 Å². The number of halogens is 1. The summed E-state index contributed by atoms with van der Waals surface area (Å²) in [4.78, 5) is 0. The number of hydrogen-bond donors (Lipinski definition) is 0. The molecule has 0 aliphatic rings. The summed E-state index contributed by atoms with van der Waals surface area (Å²) in [5.74, 6) is 0. The fraction of sp³-hybridized carbons (Fsp3) is 0.750. The van der Waals surface area contributed by atoms with E-state index in [2.05, 4.69) is 4.74 Å². The summed E-state index contributed by atoms with van der Waals surface area (Å²) in [5.41, 5.74) is 0. The first-order valence-electron chi connectivity index (χ1n) is 1.85. The van der Waals surface area contributed by atoms with Crippen LogP contribution in [0.1, 0.15) is 6.42 Å². The minimum Gasteiger partial charge on any atom is -0.351 e. The van der Waals surface area contributed by atoms with E-state index in [0.29, 0.717) is 0 Å². The topological polar surface area (TPSA) is 33.0 Å². The van der Waals surface area contributed by atoms with E-state index in [-0.39, 0.29) is 6.42 Å². The van der Waals surface area contributed by atoms with Crippen LogP contribution in [-0.2, 0) is 4.74 Å². The van der Waals surface area contributed by atoms with E-state index < -0.39 is 6.36 Å². The van der Waals surface area contributed by atoms with Gasteiger partial charge in [0.2, 0.25) is 6.36 Å². The van der Waals surface area contributed by atoms with Crippen LogP contribution < -0.4 is 0 Å². The highest BCUT2D eigenvalue weighted by atomic mass is 19.1. The van der Waals surface area contributed by atoms with Crippen LogP contribution in [0.15, 0.2) is 0 Å². The third kappa shape index (κ3) is 3.20.